The number of para-hydroxylation sites is 1. The molecule has 0 bridgehead atoms. The molecule has 1 aliphatic heterocycles. The number of ether oxygens (including phenoxy) is 4. The summed E-state index contributed by atoms with van der Waals surface area (Å²) in [7, 11) is 1.64. The van der Waals surface area contributed by atoms with E-state index < -0.39 is 0 Å². The van der Waals surface area contributed by atoms with Crippen LogP contribution in [0.15, 0.2) is 73.1 Å². The SMILES string of the molecule is COc1ccccc1COc1cccc(NC(=O)c2c[nH]cc2-c2ccc3c(c2)OCCO3)c1C. The Morgan fingerprint density at radius 2 is 1.77 bits per heavy atom. The van der Waals surface area contributed by atoms with Gasteiger partial charge < -0.3 is 29.2 Å². The first-order chi connectivity index (χ1) is 17.1. The second-order valence-corrected chi connectivity index (χ2v) is 8.12. The third-order valence-electron chi connectivity index (χ3n) is 5.95. The highest BCUT2D eigenvalue weighted by atomic mass is 16.6. The molecule has 2 heterocycles. The Bertz CT molecular complexity index is 1360. The summed E-state index contributed by atoms with van der Waals surface area (Å²) in [6.45, 7) is 3.32. The number of fused-ring (bicyclic) bond motifs is 1. The van der Waals surface area contributed by atoms with Crippen LogP contribution in [0.2, 0.25) is 0 Å². The van der Waals surface area contributed by atoms with E-state index in [1.807, 2.05) is 67.6 Å². The topological polar surface area (TPSA) is 81.8 Å². The van der Waals surface area contributed by atoms with Crippen LogP contribution in [0.3, 0.4) is 0 Å². The van der Waals surface area contributed by atoms with Crippen molar-refractivity contribution in [3.63, 3.8) is 0 Å². The third-order valence-corrected chi connectivity index (χ3v) is 5.95. The van der Waals surface area contributed by atoms with Crippen molar-refractivity contribution in [2.24, 2.45) is 0 Å². The molecule has 178 valence electrons. The first kappa shape index (κ1) is 22.4. The number of hydrogen-bond acceptors (Lipinski definition) is 5. The van der Waals surface area contributed by atoms with E-state index in [1.165, 1.54) is 0 Å². The zero-order valence-corrected chi connectivity index (χ0v) is 19.6. The van der Waals surface area contributed by atoms with Crippen molar-refractivity contribution < 1.29 is 23.7 Å². The lowest BCUT2D eigenvalue weighted by Gasteiger charge is -2.19. The van der Waals surface area contributed by atoms with E-state index in [9.17, 15) is 4.79 Å². The number of methoxy groups -OCH3 is 1. The Labute approximate surface area is 203 Å². The Hall–Kier alpha value is -4.39. The molecule has 0 fully saturated rings. The van der Waals surface area contributed by atoms with Crippen molar-refractivity contribution in [2.75, 3.05) is 25.6 Å². The fraction of sp³-hybridized carbons (Fsp3) is 0.179. The maximum absolute atomic E-state index is 13.2. The standard InChI is InChI=1S/C28H26N2O5/c1-18-23(7-5-9-24(18)35-17-20-6-3-4-8-25(20)32-2)30-28(31)22-16-29-15-21(22)19-10-11-26-27(14-19)34-13-12-33-26/h3-11,14-16,29H,12-13,17H2,1-2H3,(H,30,31). The number of nitrogens with one attached hydrogen (secondary N) is 2. The lowest BCUT2D eigenvalue weighted by Crippen LogP contribution is -2.15. The van der Waals surface area contributed by atoms with Crippen molar-refractivity contribution >= 4 is 11.6 Å². The monoisotopic (exact) mass is 470 g/mol. The molecule has 4 aromatic rings. The van der Waals surface area contributed by atoms with Gasteiger partial charge in [0.2, 0.25) is 0 Å². The molecule has 1 aromatic heterocycles. The number of amides is 1. The van der Waals surface area contributed by atoms with Gasteiger partial charge in [0.25, 0.3) is 5.91 Å². The molecule has 0 radical (unpaired) electrons. The molecule has 5 rings (SSSR count). The Morgan fingerprint density at radius 1 is 0.971 bits per heavy atom. The highest BCUT2D eigenvalue weighted by Gasteiger charge is 2.19. The number of carbonyl (C=O) groups excluding carboxylic acids is 1. The second kappa shape index (κ2) is 9.85. The second-order valence-electron chi connectivity index (χ2n) is 8.12. The minimum absolute atomic E-state index is 0.221. The number of rotatable bonds is 7. The van der Waals surface area contributed by atoms with Crippen LogP contribution in [0.4, 0.5) is 5.69 Å². The van der Waals surface area contributed by atoms with Gasteiger partial charge in [0.1, 0.15) is 31.3 Å². The molecule has 0 aliphatic carbocycles. The van der Waals surface area contributed by atoms with E-state index >= 15 is 0 Å². The van der Waals surface area contributed by atoms with Gasteiger partial charge in [-0.3, -0.25) is 4.79 Å². The van der Waals surface area contributed by atoms with Crippen molar-refractivity contribution in [1.82, 2.24) is 4.98 Å². The van der Waals surface area contributed by atoms with Crippen LogP contribution >= 0.6 is 0 Å². The summed E-state index contributed by atoms with van der Waals surface area (Å²) in [5.41, 5.74) is 4.64. The summed E-state index contributed by atoms with van der Waals surface area (Å²) in [5, 5.41) is 3.03. The van der Waals surface area contributed by atoms with Crippen LogP contribution in [0.1, 0.15) is 21.5 Å². The van der Waals surface area contributed by atoms with E-state index in [2.05, 4.69) is 10.3 Å². The molecule has 0 saturated carbocycles. The minimum atomic E-state index is -0.221. The van der Waals surface area contributed by atoms with Crippen LogP contribution in [0.25, 0.3) is 11.1 Å². The Balaban J connectivity index is 1.34. The molecular formula is C28H26N2O5. The van der Waals surface area contributed by atoms with Gasteiger partial charge in [0.15, 0.2) is 11.5 Å². The Kier molecular flexibility index (Phi) is 6.30. The maximum Gasteiger partial charge on any atom is 0.257 e. The molecule has 0 spiro atoms. The lowest BCUT2D eigenvalue weighted by atomic mass is 10.0. The molecule has 35 heavy (non-hydrogen) atoms. The van der Waals surface area contributed by atoms with Crippen LogP contribution in [-0.2, 0) is 6.61 Å². The van der Waals surface area contributed by atoms with Crippen LogP contribution in [0.5, 0.6) is 23.0 Å². The number of aromatic amines is 1. The average Bonchev–Trinajstić information content (AvgIpc) is 3.39. The normalized spacial score (nSPS) is 12.2. The summed E-state index contributed by atoms with van der Waals surface area (Å²) in [4.78, 5) is 16.3. The molecule has 0 unspecified atom stereocenters. The quantitative estimate of drug-likeness (QED) is 0.367. The van der Waals surface area contributed by atoms with Gasteiger partial charge in [-0.15, -0.1) is 0 Å². The number of carbonyl (C=O) groups is 1. The number of aromatic nitrogens is 1. The summed E-state index contributed by atoms with van der Waals surface area (Å²) >= 11 is 0. The van der Waals surface area contributed by atoms with E-state index in [0.717, 1.165) is 28.0 Å². The number of benzene rings is 3. The minimum Gasteiger partial charge on any atom is -0.496 e. The van der Waals surface area contributed by atoms with Gasteiger partial charge >= 0.3 is 0 Å². The molecule has 2 N–H and O–H groups in total. The fourth-order valence-electron chi connectivity index (χ4n) is 4.08. The number of anilines is 1. The first-order valence-electron chi connectivity index (χ1n) is 11.4. The highest BCUT2D eigenvalue weighted by Crippen LogP contribution is 2.36. The predicted molar refractivity (Wildman–Crippen MR) is 134 cm³/mol. The molecule has 1 aliphatic rings. The third kappa shape index (κ3) is 4.66. The average molecular weight is 471 g/mol. The molecule has 0 atom stereocenters. The van der Waals surface area contributed by atoms with Gasteiger partial charge in [-0.05, 0) is 42.8 Å². The van der Waals surface area contributed by atoms with Gasteiger partial charge in [-0.25, -0.2) is 0 Å². The summed E-state index contributed by atoms with van der Waals surface area (Å²) in [6.07, 6.45) is 3.50. The first-order valence-corrected chi connectivity index (χ1v) is 11.4. The maximum atomic E-state index is 13.2. The van der Waals surface area contributed by atoms with E-state index in [0.29, 0.717) is 48.3 Å². The van der Waals surface area contributed by atoms with Crippen molar-refractivity contribution in [3.05, 3.63) is 89.7 Å². The van der Waals surface area contributed by atoms with E-state index in [4.69, 9.17) is 18.9 Å². The summed E-state index contributed by atoms with van der Waals surface area (Å²) < 4.78 is 22.8. The van der Waals surface area contributed by atoms with Gasteiger partial charge in [-0.1, -0.05) is 30.3 Å². The fourth-order valence-corrected chi connectivity index (χ4v) is 4.08. The van der Waals surface area contributed by atoms with Crippen molar-refractivity contribution in [2.45, 2.75) is 13.5 Å². The largest absolute Gasteiger partial charge is 0.496 e. The van der Waals surface area contributed by atoms with E-state index in [-0.39, 0.29) is 5.91 Å². The summed E-state index contributed by atoms with van der Waals surface area (Å²) in [6, 6.07) is 19.0. The molecule has 7 nitrogen and oxygen atoms in total. The summed E-state index contributed by atoms with van der Waals surface area (Å²) in [5.74, 6) is 2.63. The number of hydrogen-bond donors (Lipinski definition) is 2. The van der Waals surface area contributed by atoms with Crippen molar-refractivity contribution in [3.8, 4) is 34.1 Å². The van der Waals surface area contributed by atoms with Crippen molar-refractivity contribution in [1.29, 1.82) is 0 Å². The molecule has 0 saturated heterocycles. The smallest absolute Gasteiger partial charge is 0.257 e. The lowest BCUT2D eigenvalue weighted by molar-refractivity contribution is 0.102. The molecular weight excluding hydrogens is 444 g/mol. The predicted octanol–water partition coefficient (Wildman–Crippen LogP) is 5.60. The zero-order chi connectivity index (χ0) is 24.2. The van der Waals surface area contributed by atoms with Crippen LogP contribution < -0.4 is 24.3 Å². The molecule has 3 aromatic carbocycles. The van der Waals surface area contributed by atoms with Gasteiger partial charge in [0, 0.05) is 34.8 Å². The molecule has 7 heteroatoms. The van der Waals surface area contributed by atoms with Crippen LogP contribution in [0, 0.1) is 6.92 Å². The highest BCUT2D eigenvalue weighted by molar-refractivity contribution is 6.09. The molecule has 1 amide bonds. The number of H-pyrrole nitrogens is 1. The van der Waals surface area contributed by atoms with E-state index in [1.54, 1.807) is 19.5 Å². The van der Waals surface area contributed by atoms with Gasteiger partial charge in [0.05, 0.1) is 12.7 Å². The Morgan fingerprint density at radius 3 is 2.63 bits per heavy atom. The zero-order valence-electron chi connectivity index (χ0n) is 19.6. The van der Waals surface area contributed by atoms with Crippen LogP contribution in [-0.4, -0.2) is 31.2 Å². The van der Waals surface area contributed by atoms with Gasteiger partial charge in [-0.2, -0.15) is 0 Å².